The van der Waals surface area contributed by atoms with Gasteiger partial charge in [-0.3, -0.25) is 0 Å². The van der Waals surface area contributed by atoms with E-state index < -0.39 is 13.6 Å². The zero-order valence-electron chi connectivity index (χ0n) is 15.8. The molecule has 0 radical (unpaired) electrons. The van der Waals surface area contributed by atoms with Crippen LogP contribution in [0.2, 0.25) is 19.6 Å². The molecule has 0 aliphatic carbocycles. The molecule has 130 valence electrons. The highest BCUT2D eigenvalue weighted by molar-refractivity contribution is 6.89. The summed E-state index contributed by atoms with van der Waals surface area (Å²) in [5, 5.41) is 11.1. The molecule has 2 nitrogen and oxygen atoms in total. The van der Waals surface area contributed by atoms with Gasteiger partial charge in [-0.2, -0.15) is 10.2 Å². The van der Waals surface area contributed by atoms with E-state index in [2.05, 4.69) is 99.4 Å². The highest BCUT2D eigenvalue weighted by Crippen LogP contribution is 2.49. The molecule has 0 aromatic heterocycles. The molecule has 3 heteroatoms. The van der Waals surface area contributed by atoms with Crippen LogP contribution in [-0.2, 0) is 5.54 Å². The average Bonchev–Trinajstić information content (AvgIpc) is 3.02. The van der Waals surface area contributed by atoms with Gasteiger partial charge in [-0.25, -0.2) is 0 Å². The minimum absolute atomic E-state index is 0.557. The molecule has 1 heterocycles. The lowest BCUT2D eigenvalue weighted by Crippen LogP contribution is -2.39. The van der Waals surface area contributed by atoms with Crippen LogP contribution in [0.15, 0.2) is 83.0 Å². The molecular formula is C23H24N2Si. The topological polar surface area (TPSA) is 24.7 Å². The van der Waals surface area contributed by atoms with Crippen molar-refractivity contribution >= 4 is 18.9 Å². The van der Waals surface area contributed by atoms with Crippen molar-refractivity contribution in [3.63, 3.8) is 0 Å². The summed E-state index contributed by atoms with van der Waals surface area (Å²) in [5.41, 5.74) is 5.36. The third-order valence-electron chi connectivity index (χ3n) is 5.14. The molecule has 0 bridgehead atoms. The van der Waals surface area contributed by atoms with Crippen molar-refractivity contribution in [1.82, 2.24) is 0 Å². The van der Waals surface area contributed by atoms with Gasteiger partial charge in [-0.1, -0.05) is 98.0 Å². The highest BCUT2D eigenvalue weighted by atomic mass is 28.3. The maximum absolute atomic E-state index is 4.94. The third-order valence-corrected chi connectivity index (χ3v) is 7.13. The normalized spacial score (nSPS) is 15.1. The fourth-order valence-electron chi connectivity index (χ4n) is 3.86. The Morgan fingerprint density at radius 1 is 0.769 bits per heavy atom. The molecule has 0 atom stereocenters. The minimum atomic E-state index is -1.54. The zero-order chi connectivity index (χ0) is 18.4. The number of azo groups is 1. The van der Waals surface area contributed by atoms with E-state index in [1.54, 1.807) is 0 Å². The largest absolute Gasteiger partial charge is 0.167 e. The lowest BCUT2D eigenvalue weighted by Gasteiger charge is -2.29. The van der Waals surface area contributed by atoms with Gasteiger partial charge in [0.25, 0.3) is 0 Å². The highest BCUT2D eigenvalue weighted by Gasteiger charge is 2.43. The second kappa shape index (κ2) is 6.03. The average molecular weight is 357 g/mol. The number of aryl methyl sites for hydroxylation is 1. The van der Waals surface area contributed by atoms with Crippen LogP contribution < -0.4 is 5.19 Å². The predicted octanol–water partition coefficient (Wildman–Crippen LogP) is 5.93. The van der Waals surface area contributed by atoms with E-state index in [1.807, 2.05) is 0 Å². The number of rotatable bonds is 3. The predicted molar refractivity (Wildman–Crippen MR) is 111 cm³/mol. The molecular weight excluding hydrogens is 332 g/mol. The van der Waals surface area contributed by atoms with Gasteiger partial charge in [0.05, 0.1) is 13.8 Å². The molecule has 0 fully saturated rings. The van der Waals surface area contributed by atoms with Crippen molar-refractivity contribution in [2.75, 3.05) is 0 Å². The quantitative estimate of drug-likeness (QED) is 0.520. The molecule has 0 saturated carbocycles. The van der Waals surface area contributed by atoms with E-state index in [-0.39, 0.29) is 0 Å². The first kappa shape index (κ1) is 16.9. The Balaban J connectivity index is 2.08. The van der Waals surface area contributed by atoms with Crippen LogP contribution in [0.5, 0.6) is 0 Å². The van der Waals surface area contributed by atoms with Crippen LogP contribution >= 0.6 is 0 Å². The van der Waals surface area contributed by atoms with E-state index in [4.69, 9.17) is 10.2 Å². The Labute approximate surface area is 156 Å². The fraction of sp³-hybridized carbons (Fsp3) is 0.217. The van der Waals surface area contributed by atoms with Crippen LogP contribution in [0, 0.1) is 6.92 Å². The molecule has 1 aliphatic rings. The number of hydrogen-bond donors (Lipinski definition) is 0. The molecule has 0 saturated heterocycles. The summed E-state index contributed by atoms with van der Waals surface area (Å²) in [4.78, 5) is 0. The first-order valence-electron chi connectivity index (χ1n) is 9.12. The summed E-state index contributed by atoms with van der Waals surface area (Å²) in [6, 6.07) is 25.7. The van der Waals surface area contributed by atoms with Gasteiger partial charge in [-0.15, -0.1) is 0 Å². The number of hydrogen-bond acceptors (Lipinski definition) is 2. The summed E-state index contributed by atoms with van der Waals surface area (Å²) in [7, 11) is -1.54. The van der Waals surface area contributed by atoms with Crippen molar-refractivity contribution in [2.24, 2.45) is 10.2 Å². The lowest BCUT2D eigenvalue weighted by molar-refractivity contribution is 0.651. The second-order valence-corrected chi connectivity index (χ2v) is 13.1. The Morgan fingerprint density at radius 3 is 1.81 bits per heavy atom. The Kier molecular flexibility index (Phi) is 3.92. The van der Waals surface area contributed by atoms with Crippen molar-refractivity contribution in [3.8, 4) is 0 Å². The first-order valence-corrected chi connectivity index (χ1v) is 12.6. The summed E-state index contributed by atoms with van der Waals surface area (Å²) in [6.07, 6.45) is 0. The molecule has 0 unspecified atom stereocenters. The summed E-state index contributed by atoms with van der Waals surface area (Å²) in [6.45, 7) is 9.32. The molecule has 3 aromatic carbocycles. The van der Waals surface area contributed by atoms with Crippen LogP contribution in [0.4, 0.5) is 5.69 Å². The van der Waals surface area contributed by atoms with Gasteiger partial charge in [0.1, 0.15) is 0 Å². The monoisotopic (exact) mass is 356 g/mol. The van der Waals surface area contributed by atoms with Crippen molar-refractivity contribution in [1.29, 1.82) is 0 Å². The van der Waals surface area contributed by atoms with E-state index in [0.29, 0.717) is 0 Å². The van der Waals surface area contributed by atoms with Gasteiger partial charge in [0.2, 0.25) is 0 Å². The Bertz CT molecular complexity index is 931. The van der Waals surface area contributed by atoms with E-state index >= 15 is 0 Å². The summed E-state index contributed by atoms with van der Waals surface area (Å²) in [5.74, 6) is 0. The molecule has 1 aliphatic heterocycles. The van der Waals surface area contributed by atoms with Crippen LogP contribution in [0.25, 0.3) is 0 Å². The van der Waals surface area contributed by atoms with Gasteiger partial charge in [0.15, 0.2) is 5.54 Å². The Hall–Kier alpha value is -2.52. The van der Waals surface area contributed by atoms with Gasteiger partial charge >= 0.3 is 0 Å². The van der Waals surface area contributed by atoms with Crippen LogP contribution in [0.1, 0.15) is 22.3 Å². The molecule has 0 N–H and O–H groups in total. The maximum Gasteiger partial charge on any atom is 0.159 e. The summed E-state index contributed by atoms with van der Waals surface area (Å²) < 4.78 is 0. The molecule has 26 heavy (non-hydrogen) atoms. The zero-order valence-corrected chi connectivity index (χ0v) is 16.8. The van der Waals surface area contributed by atoms with Crippen LogP contribution in [0.3, 0.4) is 0 Å². The van der Waals surface area contributed by atoms with E-state index in [1.165, 1.54) is 27.4 Å². The molecule has 0 spiro atoms. The van der Waals surface area contributed by atoms with Crippen molar-refractivity contribution in [2.45, 2.75) is 32.1 Å². The number of nitrogens with zero attached hydrogens (tertiary/aromatic N) is 2. The van der Waals surface area contributed by atoms with Gasteiger partial charge in [-0.05, 0) is 23.2 Å². The second-order valence-electron chi connectivity index (χ2n) is 8.10. The Morgan fingerprint density at radius 2 is 1.31 bits per heavy atom. The minimum Gasteiger partial charge on any atom is -0.167 e. The van der Waals surface area contributed by atoms with Crippen molar-refractivity contribution < 1.29 is 0 Å². The lowest BCUT2D eigenvalue weighted by atomic mass is 9.77. The van der Waals surface area contributed by atoms with Gasteiger partial charge in [0, 0.05) is 5.56 Å². The molecule has 3 aromatic rings. The van der Waals surface area contributed by atoms with Crippen molar-refractivity contribution in [3.05, 3.63) is 95.1 Å². The first-order chi connectivity index (χ1) is 12.4. The summed E-state index contributed by atoms with van der Waals surface area (Å²) >= 11 is 0. The number of fused-ring (bicyclic) bond motifs is 1. The SMILES string of the molecule is Cc1cc2c(c([Si](C)(C)C)c1)N=NC2(c1ccccc1)c1ccccc1. The van der Waals surface area contributed by atoms with E-state index in [0.717, 1.165) is 5.69 Å². The maximum atomic E-state index is 4.94. The fourth-order valence-corrected chi connectivity index (χ4v) is 5.42. The molecule has 4 rings (SSSR count). The smallest absolute Gasteiger partial charge is 0.159 e. The standard InChI is InChI=1S/C23H24N2Si/c1-17-15-20-22(21(16-17)26(2,3)4)24-25-23(20,18-11-7-5-8-12-18)19-13-9-6-10-14-19/h5-16H,1-4H3. The van der Waals surface area contributed by atoms with Gasteiger partial charge < -0.3 is 0 Å². The molecule has 0 amide bonds. The number of benzene rings is 3. The van der Waals surface area contributed by atoms with Crippen LogP contribution in [-0.4, -0.2) is 8.07 Å². The van der Waals surface area contributed by atoms with E-state index in [9.17, 15) is 0 Å². The third kappa shape index (κ3) is 2.55.